The van der Waals surface area contributed by atoms with Crippen LogP contribution in [0.1, 0.15) is 12.0 Å². The number of anilines is 1. The van der Waals surface area contributed by atoms with Gasteiger partial charge in [0.2, 0.25) is 5.91 Å². The fraction of sp³-hybridized carbons (Fsp3) is 0.476. The third kappa shape index (κ3) is 4.69. The zero-order chi connectivity index (χ0) is 20.9. The minimum atomic E-state index is -0.245. The van der Waals surface area contributed by atoms with Crippen molar-refractivity contribution in [3.8, 4) is 5.75 Å². The van der Waals surface area contributed by atoms with Crippen molar-refractivity contribution in [1.82, 2.24) is 19.8 Å². The van der Waals surface area contributed by atoms with Gasteiger partial charge in [-0.05, 0) is 19.0 Å². The number of piperazine rings is 1. The second-order valence-electron chi connectivity index (χ2n) is 7.50. The van der Waals surface area contributed by atoms with E-state index in [1.165, 1.54) is 23.7 Å². The van der Waals surface area contributed by atoms with Crippen LogP contribution in [-0.4, -0.2) is 77.8 Å². The summed E-state index contributed by atoms with van der Waals surface area (Å²) < 4.78 is 5.46. The van der Waals surface area contributed by atoms with Gasteiger partial charge < -0.3 is 19.5 Å². The summed E-state index contributed by atoms with van der Waals surface area (Å²) in [4.78, 5) is 37.8. The Labute approximate surface area is 180 Å². The van der Waals surface area contributed by atoms with Gasteiger partial charge in [0.1, 0.15) is 16.5 Å². The largest absolute Gasteiger partial charge is 0.496 e. The van der Waals surface area contributed by atoms with Gasteiger partial charge in [0.15, 0.2) is 0 Å². The Bertz CT molecular complexity index is 942. The molecule has 0 atom stereocenters. The molecule has 1 aromatic heterocycles. The van der Waals surface area contributed by atoms with Crippen molar-refractivity contribution in [2.45, 2.75) is 18.0 Å². The third-order valence-electron chi connectivity index (χ3n) is 5.61. The molecule has 9 heteroatoms. The van der Waals surface area contributed by atoms with Crippen LogP contribution in [0.2, 0.25) is 0 Å². The first-order valence-corrected chi connectivity index (χ1v) is 11.2. The predicted molar refractivity (Wildman–Crippen MR) is 117 cm³/mol. The van der Waals surface area contributed by atoms with E-state index in [0.717, 1.165) is 51.4 Å². The maximum Gasteiger partial charge on any atom is 0.275 e. The van der Waals surface area contributed by atoms with Gasteiger partial charge in [-0.3, -0.25) is 14.5 Å². The Balaban J connectivity index is 1.26. The lowest BCUT2D eigenvalue weighted by Crippen LogP contribution is -2.47. The number of hydrogen-bond acceptors (Lipinski definition) is 7. The number of fused-ring (bicyclic) bond motifs is 1. The molecule has 1 amide bonds. The summed E-state index contributed by atoms with van der Waals surface area (Å²) in [5.74, 6) is 1.26. The minimum absolute atomic E-state index is 0.0207. The molecule has 160 valence electrons. The second kappa shape index (κ2) is 9.63. The van der Waals surface area contributed by atoms with Crippen molar-refractivity contribution in [2.75, 3.05) is 57.0 Å². The average molecular weight is 430 g/mol. The molecule has 0 aliphatic carbocycles. The van der Waals surface area contributed by atoms with E-state index < -0.39 is 0 Å². The first kappa shape index (κ1) is 20.9. The van der Waals surface area contributed by atoms with Crippen LogP contribution in [0, 0.1) is 0 Å². The molecule has 2 aliphatic rings. The monoisotopic (exact) mass is 429 g/mol. The minimum Gasteiger partial charge on any atom is -0.496 e. The molecule has 30 heavy (non-hydrogen) atoms. The fourth-order valence-corrected chi connectivity index (χ4v) is 4.87. The van der Waals surface area contributed by atoms with E-state index in [1.807, 2.05) is 18.2 Å². The summed E-state index contributed by atoms with van der Waals surface area (Å²) in [6, 6.07) is 8.17. The van der Waals surface area contributed by atoms with E-state index >= 15 is 0 Å². The van der Waals surface area contributed by atoms with Crippen LogP contribution < -0.4 is 15.2 Å². The molecule has 1 aromatic carbocycles. The molecule has 4 rings (SSSR count). The molecule has 2 aromatic rings. The summed E-state index contributed by atoms with van der Waals surface area (Å²) in [7, 11) is 1.71. The van der Waals surface area contributed by atoms with Gasteiger partial charge in [-0.25, -0.2) is 4.98 Å². The van der Waals surface area contributed by atoms with E-state index in [0.29, 0.717) is 23.0 Å². The number of rotatable bonds is 7. The smallest absolute Gasteiger partial charge is 0.275 e. The number of aromatic nitrogens is 2. The molecule has 0 radical (unpaired) electrons. The van der Waals surface area contributed by atoms with Gasteiger partial charge in [0.25, 0.3) is 5.56 Å². The van der Waals surface area contributed by atoms with E-state index in [1.54, 1.807) is 12.0 Å². The van der Waals surface area contributed by atoms with Crippen LogP contribution >= 0.6 is 11.8 Å². The standard InChI is InChI=1S/C21H27N5O3S/c1-29-17-6-3-2-5-16(17)13-25-11-9-24(10-12-25)7-4-8-26-18(27)14-30-21-19(26)20(28)22-15-23-21/h2-3,5-6,15H,4,7-14H2,1H3,(H,22,23,28). The van der Waals surface area contributed by atoms with Crippen molar-refractivity contribution in [2.24, 2.45) is 0 Å². The number of aromatic amines is 1. The highest BCUT2D eigenvalue weighted by molar-refractivity contribution is 8.00. The SMILES string of the molecule is COc1ccccc1CN1CCN(CCCN2C(=O)CSc3nc[nH]c(=O)c32)CC1. The Morgan fingerprint density at radius 2 is 1.87 bits per heavy atom. The first-order chi connectivity index (χ1) is 14.7. The van der Waals surface area contributed by atoms with Gasteiger partial charge in [-0.2, -0.15) is 0 Å². The average Bonchev–Trinajstić information content (AvgIpc) is 2.77. The van der Waals surface area contributed by atoms with Crippen LogP contribution in [0.5, 0.6) is 5.75 Å². The summed E-state index contributed by atoms with van der Waals surface area (Å²) in [6.45, 7) is 6.35. The molecule has 0 spiro atoms. The highest BCUT2D eigenvalue weighted by Crippen LogP contribution is 2.30. The van der Waals surface area contributed by atoms with Crippen LogP contribution in [0.25, 0.3) is 0 Å². The lowest BCUT2D eigenvalue weighted by Gasteiger charge is -2.35. The number of benzene rings is 1. The Morgan fingerprint density at radius 3 is 2.67 bits per heavy atom. The molecule has 1 saturated heterocycles. The number of nitrogens with one attached hydrogen (secondary N) is 1. The number of para-hydroxylation sites is 1. The van der Waals surface area contributed by atoms with Gasteiger partial charge in [0, 0.05) is 44.8 Å². The molecule has 0 unspecified atom stereocenters. The normalized spacial score (nSPS) is 17.8. The zero-order valence-corrected chi connectivity index (χ0v) is 18.0. The molecule has 0 bridgehead atoms. The summed E-state index contributed by atoms with van der Waals surface area (Å²) in [5, 5.41) is 0.642. The van der Waals surface area contributed by atoms with E-state index in [4.69, 9.17) is 4.74 Å². The molecule has 0 saturated carbocycles. The van der Waals surface area contributed by atoms with Crippen molar-refractivity contribution in [3.63, 3.8) is 0 Å². The van der Waals surface area contributed by atoms with Crippen LogP contribution in [-0.2, 0) is 11.3 Å². The lowest BCUT2D eigenvalue weighted by atomic mass is 10.1. The Hall–Kier alpha value is -2.36. The van der Waals surface area contributed by atoms with Gasteiger partial charge in [-0.1, -0.05) is 30.0 Å². The molecular weight excluding hydrogens is 402 g/mol. The molecule has 1 N–H and O–H groups in total. The number of methoxy groups -OCH3 is 1. The van der Waals surface area contributed by atoms with Crippen molar-refractivity contribution >= 4 is 23.4 Å². The molecule has 8 nitrogen and oxygen atoms in total. The van der Waals surface area contributed by atoms with Crippen molar-refractivity contribution in [3.05, 3.63) is 46.5 Å². The van der Waals surface area contributed by atoms with Gasteiger partial charge in [0.05, 0.1) is 19.2 Å². The Morgan fingerprint density at radius 1 is 1.10 bits per heavy atom. The third-order valence-corrected chi connectivity index (χ3v) is 6.57. The first-order valence-electron chi connectivity index (χ1n) is 10.2. The summed E-state index contributed by atoms with van der Waals surface area (Å²) in [5.41, 5.74) is 1.37. The number of H-pyrrole nitrogens is 1. The number of carbonyl (C=O) groups excluding carboxylic acids is 1. The zero-order valence-electron chi connectivity index (χ0n) is 17.2. The highest BCUT2D eigenvalue weighted by Gasteiger charge is 2.28. The van der Waals surface area contributed by atoms with Crippen molar-refractivity contribution < 1.29 is 9.53 Å². The van der Waals surface area contributed by atoms with Crippen LogP contribution in [0.15, 0.2) is 40.4 Å². The fourth-order valence-electron chi connectivity index (χ4n) is 3.99. The van der Waals surface area contributed by atoms with Crippen LogP contribution in [0.3, 0.4) is 0 Å². The van der Waals surface area contributed by atoms with Crippen molar-refractivity contribution in [1.29, 1.82) is 0 Å². The predicted octanol–water partition coefficient (Wildman–Crippen LogP) is 1.43. The maximum absolute atomic E-state index is 12.4. The number of nitrogens with zero attached hydrogens (tertiary/aromatic N) is 4. The maximum atomic E-state index is 12.4. The number of carbonyl (C=O) groups is 1. The van der Waals surface area contributed by atoms with Gasteiger partial charge in [-0.15, -0.1) is 0 Å². The van der Waals surface area contributed by atoms with E-state index in [2.05, 4.69) is 25.8 Å². The number of ether oxygens (including phenoxy) is 1. The van der Waals surface area contributed by atoms with Gasteiger partial charge >= 0.3 is 0 Å². The van der Waals surface area contributed by atoms with Crippen LogP contribution in [0.4, 0.5) is 5.69 Å². The molecule has 1 fully saturated rings. The van der Waals surface area contributed by atoms with E-state index in [-0.39, 0.29) is 11.5 Å². The quantitative estimate of drug-likeness (QED) is 0.667. The second-order valence-corrected chi connectivity index (χ2v) is 8.47. The molecule has 2 aliphatic heterocycles. The Kier molecular flexibility index (Phi) is 6.71. The topological polar surface area (TPSA) is 81.8 Å². The highest BCUT2D eigenvalue weighted by atomic mass is 32.2. The summed E-state index contributed by atoms with van der Waals surface area (Å²) >= 11 is 1.33. The van der Waals surface area contributed by atoms with E-state index in [9.17, 15) is 9.59 Å². The number of hydrogen-bond donors (Lipinski definition) is 1. The molecular formula is C21H27N5O3S. The summed E-state index contributed by atoms with van der Waals surface area (Å²) in [6.07, 6.45) is 2.23. The lowest BCUT2D eigenvalue weighted by molar-refractivity contribution is -0.116. The molecule has 3 heterocycles. The number of amides is 1. The number of thioether (sulfide) groups is 1.